The number of thiophene rings is 1. The van der Waals surface area contributed by atoms with E-state index in [0.717, 1.165) is 12.5 Å². The zero-order valence-corrected chi connectivity index (χ0v) is 15.0. The summed E-state index contributed by atoms with van der Waals surface area (Å²) in [6.07, 6.45) is 5.47. The third kappa shape index (κ3) is 4.08. The number of hydrogen-bond acceptors (Lipinski definition) is 4. The van der Waals surface area contributed by atoms with Crippen LogP contribution in [-0.4, -0.2) is 49.1 Å². The van der Waals surface area contributed by atoms with E-state index in [2.05, 4.69) is 37.2 Å². The van der Waals surface area contributed by atoms with Crippen LogP contribution in [0.4, 0.5) is 0 Å². The van der Waals surface area contributed by atoms with Gasteiger partial charge >= 0.3 is 0 Å². The number of nitrogens with zero attached hydrogens (tertiary/aromatic N) is 2. The van der Waals surface area contributed by atoms with Crippen molar-refractivity contribution in [2.24, 2.45) is 11.7 Å². The first kappa shape index (κ1) is 15.9. The Morgan fingerprint density at radius 1 is 1.24 bits per heavy atom. The first-order valence-corrected chi connectivity index (χ1v) is 9.84. The number of rotatable bonds is 5. The van der Waals surface area contributed by atoms with Gasteiger partial charge in [-0.25, -0.2) is 0 Å². The number of nitrogens with two attached hydrogens (primary N) is 1. The molecule has 2 aliphatic rings. The third-order valence-corrected chi connectivity index (χ3v) is 6.74. The molecule has 0 aromatic carbocycles. The molecule has 1 unspecified atom stereocenters. The number of halogens is 1. The van der Waals surface area contributed by atoms with E-state index in [4.69, 9.17) is 5.73 Å². The average Bonchev–Trinajstić information content (AvgIpc) is 3.14. The zero-order chi connectivity index (χ0) is 14.7. The van der Waals surface area contributed by atoms with Gasteiger partial charge in [-0.05, 0) is 79.8 Å². The third-order valence-electron chi connectivity index (χ3n) is 4.94. The van der Waals surface area contributed by atoms with Crippen LogP contribution in [0.5, 0.6) is 0 Å². The van der Waals surface area contributed by atoms with Gasteiger partial charge in [0, 0.05) is 27.8 Å². The molecular formula is C16H26BrN3S. The lowest BCUT2D eigenvalue weighted by molar-refractivity contribution is 0.119. The van der Waals surface area contributed by atoms with E-state index in [1.807, 2.05) is 11.3 Å². The molecule has 3 rings (SSSR count). The molecule has 2 fully saturated rings. The summed E-state index contributed by atoms with van der Waals surface area (Å²) in [5, 5.41) is 2.16. The Hall–Kier alpha value is 0.0600. The van der Waals surface area contributed by atoms with Gasteiger partial charge in [0.15, 0.2) is 0 Å². The quantitative estimate of drug-likeness (QED) is 0.861. The van der Waals surface area contributed by atoms with E-state index in [9.17, 15) is 0 Å². The maximum Gasteiger partial charge on any atom is 0.0564 e. The van der Waals surface area contributed by atoms with E-state index in [0.29, 0.717) is 6.04 Å². The number of piperidine rings is 1. The highest BCUT2D eigenvalue weighted by atomic mass is 79.9. The Labute approximate surface area is 140 Å². The Bertz CT molecular complexity index is 436. The molecule has 0 aliphatic carbocycles. The molecule has 2 aliphatic heterocycles. The van der Waals surface area contributed by atoms with Gasteiger partial charge in [-0.3, -0.25) is 4.90 Å². The average molecular weight is 372 g/mol. The monoisotopic (exact) mass is 371 g/mol. The van der Waals surface area contributed by atoms with Crippen LogP contribution in [0.15, 0.2) is 15.9 Å². The standard InChI is InChI=1S/C16H26BrN3S/c17-14-9-16(21-12-14)15(10-18)20-7-3-13(4-8-20)11-19-5-1-2-6-19/h9,12-13,15H,1-8,10-11,18H2. The van der Waals surface area contributed by atoms with Crippen LogP contribution in [0.3, 0.4) is 0 Å². The molecular weight excluding hydrogens is 346 g/mol. The van der Waals surface area contributed by atoms with Crippen LogP contribution >= 0.6 is 27.3 Å². The second-order valence-corrected chi connectivity index (χ2v) is 8.26. The molecule has 5 heteroatoms. The lowest BCUT2D eigenvalue weighted by Crippen LogP contribution is -2.41. The minimum absolute atomic E-state index is 0.411. The molecule has 0 amide bonds. The summed E-state index contributed by atoms with van der Waals surface area (Å²) in [7, 11) is 0. The Morgan fingerprint density at radius 3 is 2.52 bits per heavy atom. The molecule has 3 heterocycles. The fourth-order valence-corrected chi connectivity index (χ4v) is 5.32. The van der Waals surface area contributed by atoms with Crippen molar-refractivity contribution in [1.82, 2.24) is 9.80 Å². The molecule has 2 saturated heterocycles. The smallest absolute Gasteiger partial charge is 0.0564 e. The van der Waals surface area contributed by atoms with E-state index in [1.54, 1.807) is 0 Å². The van der Waals surface area contributed by atoms with Crippen LogP contribution in [0, 0.1) is 5.92 Å². The van der Waals surface area contributed by atoms with Crippen LogP contribution < -0.4 is 5.73 Å². The van der Waals surface area contributed by atoms with Gasteiger partial charge in [0.2, 0.25) is 0 Å². The molecule has 0 bridgehead atoms. The topological polar surface area (TPSA) is 32.5 Å². The molecule has 3 nitrogen and oxygen atoms in total. The fraction of sp³-hybridized carbons (Fsp3) is 0.750. The maximum absolute atomic E-state index is 6.05. The highest BCUT2D eigenvalue weighted by molar-refractivity contribution is 9.10. The summed E-state index contributed by atoms with van der Waals surface area (Å²) < 4.78 is 1.19. The van der Waals surface area contributed by atoms with Crippen molar-refractivity contribution in [2.75, 3.05) is 39.3 Å². The zero-order valence-electron chi connectivity index (χ0n) is 12.6. The van der Waals surface area contributed by atoms with Gasteiger partial charge in [0.05, 0.1) is 6.04 Å². The molecule has 1 aromatic rings. The highest BCUT2D eigenvalue weighted by Crippen LogP contribution is 2.32. The SMILES string of the molecule is NCC(c1cc(Br)cs1)N1CCC(CN2CCCC2)CC1. The van der Waals surface area contributed by atoms with Crippen molar-refractivity contribution >= 4 is 27.3 Å². The molecule has 0 radical (unpaired) electrons. The van der Waals surface area contributed by atoms with E-state index < -0.39 is 0 Å². The minimum atomic E-state index is 0.411. The second kappa shape index (κ2) is 7.55. The summed E-state index contributed by atoms with van der Waals surface area (Å²) in [5.41, 5.74) is 6.05. The van der Waals surface area contributed by atoms with Crippen LogP contribution in [-0.2, 0) is 0 Å². The van der Waals surface area contributed by atoms with Crippen molar-refractivity contribution in [3.05, 3.63) is 20.8 Å². The minimum Gasteiger partial charge on any atom is -0.329 e. The van der Waals surface area contributed by atoms with Gasteiger partial charge in [0.1, 0.15) is 0 Å². The van der Waals surface area contributed by atoms with Gasteiger partial charge in [-0.1, -0.05) is 0 Å². The van der Waals surface area contributed by atoms with Crippen LogP contribution in [0.25, 0.3) is 0 Å². The predicted molar refractivity (Wildman–Crippen MR) is 93.8 cm³/mol. The first-order valence-electron chi connectivity index (χ1n) is 8.16. The number of likely N-dealkylation sites (tertiary alicyclic amines) is 2. The Balaban J connectivity index is 1.51. The van der Waals surface area contributed by atoms with Crippen molar-refractivity contribution in [1.29, 1.82) is 0 Å². The van der Waals surface area contributed by atoms with Crippen molar-refractivity contribution in [2.45, 2.75) is 31.7 Å². The molecule has 21 heavy (non-hydrogen) atoms. The lowest BCUT2D eigenvalue weighted by atomic mass is 9.95. The first-order chi connectivity index (χ1) is 10.3. The molecule has 0 spiro atoms. The van der Waals surface area contributed by atoms with E-state index in [-0.39, 0.29) is 0 Å². The Morgan fingerprint density at radius 2 is 1.95 bits per heavy atom. The highest BCUT2D eigenvalue weighted by Gasteiger charge is 2.27. The van der Waals surface area contributed by atoms with Crippen molar-refractivity contribution in [3.63, 3.8) is 0 Å². The Kier molecular flexibility index (Phi) is 5.73. The van der Waals surface area contributed by atoms with Crippen LogP contribution in [0.1, 0.15) is 36.6 Å². The molecule has 118 valence electrons. The summed E-state index contributed by atoms with van der Waals surface area (Å²) in [5.74, 6) is 0.896. The predicted octanol–water partition coefficient (Wildman–Crippen LogP) is 3.32. The fourth-order valence-electron chi connectivity index (χ4n) is 3.73. The summed E-state index contributed by atoms with van der Waals surface area (Å²) >= 11 is 5.38. The normalized spacial score (nSPS) is 23.7. The molecule has 2 N–H and O–H groups in total. The van der Waals surface area contributed by atoms with Gasteiger partial charge in [0.25, 0.3) is 0 Å². The summed E-state index contributed by atoms with van der Waals surface area (Å²) in [4.78, 5) is 6.66. The van der Waals surface area contributed by atoms with Crippen LogP contribution in [0.2, 0.25) is 0 Å². The van der Waals surface area contributed by atoms with Gasteiger partial charge in [-0.15, -0.1) is 11.3 Å². The van der Waals surface area contributed by atoms with Gasteiger partial charge < -0.3 is 10.6 Å². The van der Waals surface area contributed by atoms with E-state index >= 15 is 0 Å². The summed E-state index contributed by atoms with van der Waals surface area (Å²) in [6.45, 7) is 7.12. The summed E-state index contributed by atoms with van der Waals surface area (Å²) in [6, 6.07) is 2.65. The van der Waals surface area contributed by atoms with E-state index in [1.165, 1.54) is 67.8 Å². The molecule has 1 aromatic heterocycles. The van der Waals surface area contributed by atoms with Gasteiger partial charge in [-0.2, -0.15) is 0 Å². The molecule has 0 saturated carbocycles. The molecule has 1 atom stereocenters. The lowest BCUT2D eigenvalue weighted by Gasteiger charge is -2.37. The largest absolute Gasteiger partial charge is 0.329 e. The van der Waals surface area contributed by atoms with Crippen molar-refractivity contribution in [3.8, 4) is 0 Å². The maximum atomic E-state index is 6.05. The van der Waals surface area contributed by atoms with Crippen molar-refractivity contribution < 1.29 is 0 Å². The number of hydrogen-bond donors (Lipinski definition) is 1. The second-order valence-electron chi connectivity index (χ2n) is 6.41.